The van der Waals surface area contributed by atoms with E-state index >= 15 is 0 Å². The summed E-state index contributed by atoms with van der Waals surface area (Å²) in [5.41, 5.74) is 5.01. The van der Waals surface area contributed by atoms with E-state index in [1.807, 2.05) is 6.07 Å². The van der Waals surface area contributed by atoms with Gasteiger partial charge in [0.05, 0.1) is 12.2 Å². The number of hydrogen-bond acceptors (Lipinski definition) is 6. The monoisotopic (exact) mass is 308 g/mol. The molecule has 1 heterocycles. The molecule has 0 radical (unpaired) electrons. The van der Waals surface area contributed by atoms with Crippen LogP contribution < -0.4 is 11.3 Å². The lowest BCUT2D eigenvalue weighted by Gasteiger charge is -2.12. The van der Waals surface area contributed by atoms with Gasteiger partial charge in [0.1, 0.15) is 29.1 Å². The Morgan fingerprint density at radius 2 is 1.91 bits per heavy atom. The Hall–Kier alpha value is -3.58. The van der Waals surface area contributed by atoms with Crippen molar-refractivity contribution in [1.29, 1.82) is 10.5 Å². The van der Waals surface area contributed by atoms with E-state index in [0.29, 0.717) is 0 Å². The molecule has 0 atom stereocenters. The number of nitrogen functional groups attached to an aromatic ring is 1. The van der Waals surface area contributed by atoms with Crippen LogP contribution in [0.5, 0.6) is 0 Å². The lowest BCUT2D eigenvalue weighted by atomic mass is 9.93. The number of anilines is 1. The third kappa shape index (κ3) is 2.76. The van der Waals surface area contributed by atoms with Gasteiger partial charge in [-0.2, -0.15) is 10.5 Å². The number of pyridine rings is 1. The van der Waals surface area contributed by atoms with Crippen molar-refractivity contribution in [2.45, 2.75) is 6.92 Å². The number of nitrogens with zero attached hydrogens (tertiary/aromatic N) is 2. The topological polar surface area (TPSA) is 133 Å². The molecule has 114 valence electrons. The van der Waals surface area contributed by atoms with Gasteiger partial charge < -0.3 is 15.5 Å². The van der Waals surface area contributed by atoms with Gasteiger partial charge in [-0.15, -0.1) is 0 Å². The number of carbonyl (C=O) groups is 1. The molecule has 7 nitrogen and oxygen atoms in total. The molecule has 0 saturated carbocycles. The number of benzene rings is 1. The summed E-state index contributed by atoms with van der Waals surface area (Å²) in [6, 6.07) is 9.89. The average Bonchev–Trinajstić information content (AvgIpc) is 2.54. The zero-order valence-electron chi connectivity index (χ0n) is 12.2. The van der Waals surface area contributed by atoms with Crippen LogP contribution in [-0.2, 0) is 4.74 Å². The van der Waals surface area contributed by atoms with E-state index in [1.54, 1.807) is 25.1 Å². The van der Waals surface area contributed by atoms with E-state index in [2.05, 4.69) is 4.98 Å². The molecule has 3 N–H and O–H groups in total. The van der Waals surface area contributed by atoms with E-state index in [-0.39, 0.29) is 40.2 Å². The summed E-state index contributed by atoms with van der Waals surface area (Å²) < 4.78 is 4.98. The molecule has 7 heteroatoms. The second kappa shape index (κ2) is 6.46. The smallest absolute Gasteiger partial charge is 0.338 e. The van der Waals surface area contributed by atoms with Crippen LogP contribution in [0, 0.1) is 22.7 Å². The Kier molecular flexibility index (Phi) is 4.44. The minimum atomic E-state index is -0.724. The van der Waals surface area contributed by atoms with E-state index in [4.69, 9.17) is 10.5 Å². The highest BCUT2D eigenvalue weighted by Gasteiger charge is 2.22. The number of nitriles is 2. The van der Waals surface area contributed by atoms with Crippen LogP contribution in [0.3, 0.4) is 0 Å². The first kappa shape index (κ1) is 15.8. The van der Waals surface area contributed by atoms with Crippen LogP contribution in [0.1, 0.15) is 28.4 Å². The van der Waals surface area contributed by atoms with Crippen LogP contribution in [0.4, 0.5) is 5.82 Å². The average molecular weight is 308 g/mol. The van der Waals surface area contributed by atoms with Crippen LogP contribution in [0.25, 0.3) is 11.1 Å². The van der Waals surface area contributed by atoms with Crippen molar-refractivity contribution in [1.82, 2.24) is 4.98 Å². The van der Waals surface area contributed by atoms with Crippen molar-refractivity contribution < 1.29 is 9.53 Å². The first-order valence-corrected chi connectivity index (χ1v) is 6.67. The standard InChI is InChI=1S/C16H12N4O3/c1-2-23-16(22)10-6-4-3-5-9(10)13-11(7-17)14(19)20-15(21)12(13)8-18/h3-6H,2H2,1H3,(H3,19,20,21). The summed E-state index contributed by atoms with van der Waals surface area (Å²) in [6.45, 7) is 1.83. The zero-order valence-corrected chi connectivity index (χ0v) is 12.2. The predicted molar refractivity (Wildman–Crippen MR) is 82.3 cm³/mol. The van der Waals surface area contributed by atoms with Gasteiger partial charge in [-0.25, -0.2) is 4.79 Å². The third-order valence-corrected chi connectivity index (χ3v) is 3.16. The van der Waals surface area contributed by atoms with Gasteiger partial charge in [0.25, 0.3) is 5.56 Å². The van der Waals surface area contributed by atoms with E-state index < -0.39 is 11.5 Å². The Morgan fingerprint density at radius 3 is 2.52 bits per heavy atom. The number of carbonyl (C=O) groups excluding carboxylic acids is 1. The lowest BCUT2D eigenvalue weighted by Crippen LogP contribution is -2.17. The Morgan fingerprint density at radius 1 is 1.26 bits per heavy atom. The Bertz CT molecular complexity index is 916. The fourth-order valence-electron chi connectivity index (χ4n) is 2.20. The molecular formula is C16H12N4O3. The number of rotatable bonds is 3. The van der Waals surface area contributed by atoms with Crippen LogP contribution in [0.15, 0.2) is 29.1 Å². The first-order chi connectivity index (χ1) is 11.0. The van der Waals surface area contributed by atoms with Crippen molar-refractivity contribution in [3.05, 3.63) is 51.3 Å². The second-order valence-electron chi connectivity index (χ2n) is 4.48. The fourth-order valence-corrected chi connectivity index (χ4v) is 2.20. The molecule has 1 aromatic carbocycles. The maximum absolute atomic E-state index is 12.1. The molecule has 2 rings (SSSR count). The van der Waals surface area contributed by atoms with E-state index in [0.717, 1.165) is 0 Å². The van der Waals surface area contributed by atoms with Gasteiger partial charge in [0, 0.05) is 5.56 Å². The number of aromatic amines is 1. The summed E-state index contributed by atoms with van der Waals surface area (Å²) in [5, 5.41) is 18.6. The Labute approximate surface area is 131 Å². The highest BCUT2D eigenvalue weighted by Crippen LogP contribution is 2.31. The largest absolute Gasteiger partial charge is 0.462 e. The normalized spacial score (nSPS) is 9.70. The molecule has 0 fully saturated rings. The number of nitrogens with two attached hydrogens (primary N) is 1. The number of nitrogens with one attached hydrogen (secondary N) is 1. The molecule has 0 saturated heterocycles. The number of esters is 1. The van der Waals surface area contributed by atoms with Crippen LogP contribution in [-0.4, -0.2) is 17.6 Å². The maximum atomic E-state index is 12.1. The molecule has 2 aromatic rings. The molecule has 0 unspecified atom stereocenters. The number of hydrogen-bond donors (Lipinski definition) is 2. The summed E-state index contributed by atoms with van der Waals surface area (Å²) >= 11 is 0. The van der Waals surface area contributed by atoms with Gasteiger partial charge in [-0.1, -0.05) is 18.2 Å². The quantitative estimate of drug-likeness (QED) is 0.826. The van der Waals surface area contributed by atoms with Crippen molar-refractivity contribution in [3.63, 3.8) is 0 Å². The maximum Gasteiger partial charge on any atom is 0.338 e. The molecular weight excluding hydrogens is 296 g/mol. The van der Waals surface area contributed by atoms with Gasteiger partial charge in [-0.3, -0.25) is 4.79 Å². The second-order valence-corrected chi connectivity index (χ2v) is 4.48. The zero-order chi connectivity index (χ0) is 17.0. The highest BCUT2D eigenvalue weighted by molar-refractivity contribution is 5.99. The Balaban J connectivity index is 2.89. The van der Waals surface area contributed by atoms with Crippen molar-refractivity contribution in [3.8, 4) is 23.3 Å². The van der Waals surface area contributed by atoms with Crippen LogP contribution in [0.2, 0.25) is 0 Å². The molecule has 0 aliphatic heterocycles. The summed E-state index contributed by atoms with van der Waals surface area (Å²) in [6.07, 6.45) is 0. The van der Waals surface area contributed by atoms with Crippen molar-refractivity contribution >= 4 is 11.8 Å². The number of H-pyrrole nitrogens is 1. The first-order valence-electron chi connectivity index (χ1n) is 6.67. The minimum absolute atomic E-state index is 0.0277. The number of ether oxygens (including phenoxy) is 1. The fraction of sp³-hybridized carbons (Fsp3) is 0.125. The number of aromatic nitrogens is 1. The van der Waals surface area contributed by atoms with E-state index in [1.165, 1.54) is 12.1 Å². The summed E-state index contributed by atoms with van der Waals surface area (Å²) in [4.78, 5) is 26.3. The molecule has 0 aliphatic carbocycles. The van der Waals surface area contributed by atoms with Gasteiger partial charge in [0.2, 0.25) is 0 Å². The van der Waals surface area contributed by atoms with Gasteiger partial charge in [-0.05, 0) is 18.6 Å². The summed E-state index contributed by atoms with van der Waals surface area (Å²) in [7, 11) is 0. The van der Waals surface area contributed by atoms with Crippen molar-refractivity contribution in [2.24, 2.45) is 0 Å². The summed E-state index contributed by atoms with van der Waals surface area (Å²) in [5.74, 6) is -0.778. The molecule has 23 heavy (non-hydrogen) atoms. The minimum Gasteiger partial charge on any atom is -0.462 e. The molecule has 1 aromatic heterocycles. The van der Waals surface area contributed by atoms with Gasteiger partial charge >= 0.3 is 5.97 Å². The predicted octanol–water partition coefficient (Wildman–Crippen LogP) is 1.54. The van der Waals surface area contributed by atoms with Crippen LogP contribution >= 0.6 is 0 Å². The SMILES string of the molecule is CCOC(=O)c1ccccc1-c1c(C#N)c(N)[nH]c(=O)c1C#N. The van der Waals surface area contributed by atoms with Crippen molar-refractivity contribution in [2.75, 3.05) is 12.3 Å². The van der Waals surface area contributed by atoms with E-state index in [9.17, 15) is 20.1 Å². The molecule has 0 bridgehead atoms. The highest BCUT2D eigenvalue weighted by atomic mass is 16.5. The third-order valence-electron chi connectivity index (χ3n) is 3.16. The van der Waals surface area contributed by atoms with Gasteiger partial charge in [0.15, 0.2) is 0 Å². The molecule has 0 amide bonds. The lowest BCUT2D eigenvalue weighted by molar-refractivity contribution is 0.0527. The molecule has 0 spiro atoms. The molecule has 0 aliphatic rings.